The van der Waals surface area contributed by atoms with Crippen molar-refractivity contribution in [3.8, 4) is 11.3 Å². The number of aromatic nitrogens is 3. The van der Waals surface area contributed by atoms with Gasteiger partial charge in [0.15, 0.2) is 5.13 Å². The number of anilines is 1. The minimum atomic E-state index is -0.446. The lowest BCUT2D eigenvalue weighted by atomic mass is 10.1. The summed E-state index contributed by atoms with van der Waals surface area (Å²) >= 11 is 4.64. The number of carbonyl (C=O) groups is 2. The lowest BCUT2D eigenvalue weighted by Gasteiger charge is -2.04. The predicted molar refractivity (Wildman–Crippen MR) is 124 cm³/mol. The van der Waals surface area contributed by atoms with Crippen LogP contribution < -0.4 is 5.32 Å². The number of rotatable bonds is 7. The van der Waals surface area contributed by atoms with Crippen LogP contribution >= 0.6 is 34.4 Å². The fourth-order valence-electron chi connectivity index (χ4n) is 2.70. The number of hydrogen-bond donors (Lipinski definition) is 2. The third kappa shape index (κ3) is 5.22. The zero-order chi connectivity index (χ0) is 21.8. The monoisotopic (exact) mass is 470 g/mol. The first-order valence-corrected chi connectivity index (χ1v) is 11.9. The molecule has 0 fully saturated rings. The summed E-state index contributed by atoms with van der Waals surface area (Å²) in [5.74, 6) is 0.133. The number of aryl methyl sites for hydroxylation is 1. The maximum absolute atomic E-state index is 12.6. The first-order chi connectivity index (χ1) is 15.0. The molecule has 0 atom stereocenters. The van der Waals surface area contributed by atoms with Crippen molar-refractivity contribution >= 4 is 51.4 Å². The van der Waals surface area contributed by atoms with Gasteiger partial charge in [0.05, 0.1) is 12.8 Å². The first-order valence-electron chi connectivity index (χ1n) is 9.19. The molecule has 0 bridgehead atoms. The Morgan fingerprint density at radius 3 is 2.68 bits per heavy atom. The van der Waals surface area contributed by atoms with E-state index in [1.165, 1.54) is 18.4 Å². The molecular weight excluding hydrogens is 452 g/mol. The van der Waals surface area contributed by atoms with Crippen molar-refractivity contribution in [1.29, 1.82) is 0 Å². The second kappa shape index (κ2) is 9.46. The molecule has 7 nitrogen and oxygen atoms in total. The molecule has 10 heteroatoms. The highest BCUT2D eigenvalue weighted by Gasteiger charge is 2.13. The highest BCUT2D eigenvalue weighted by molar-refractivity contribution is 8.00. The number of carbonyl (C=O) groups excluding carboxylic acids is 2. The van der Waals surface area contributed by atoms with Crippen LogP contribution in [-0.2, 0) is 10.5 Å². The highest BCUT2D eigenvalue weighted by Crippen LogP contribution is 2.27. The number of methoxy groups -OCH3 is 1. The van der Waals surface area contributed by atoms with E-state index < -0.39 is 5.97 Å². The van der Waals surface area contributed by atoms with Crippen LogP contribution in [0.4, 0.5) is 5.13 Å². The molecule has 1 amide bonds. The van der Waals surface area contributed by atoms with E-state index in [2.05, 4.69) is 20.3 Å². The van der Waals surface area contributed by atoms with E-state index in [1.807, 2.05) is 41.9 Å². The fourth-order valence-corrected chi connectivity index (χ4v) is 5.22. The van der Waals surface area contributed by atoms with Gasteiger partial charge in [-0.05, 0) is 30.7 Å². The number of H-pyrrole nitrogens is 1. The van der Waals surface area contributed by atoms with Crippen molar-refractivity contribution in [2.75, 3.05) is 12.4 Å². The number of aromatic amines is 1. The van der Waals surface area contributed by atoms with Crippen molar-refractivity contribution in [3.63, 3.8) is 0 Å². The topological polar surface area (TPSA) is 97.0 Å². The minimum absolute atomic E-state index is 0.222. The SMILES string of the molecule is COC(=O)c1cc(-c2csc(NC(=O)c3ccc(CSc4nc(C)cs4)cc3)n2)c[nH]1. The number of amides is 1. The summed E-state index contributed by atoms with van der Waals surface area (Å²) in [5, 5.41) is 7.16. The number of hydrogen-bond acceptors (Lipinski definition) is 8. The van der Waals surface area contributed by atoms with Gasteiger partial charge in [-0.1, -0.05) is 23.9 Å². The van der Waals surface area contributed by atoms with Crippen LogP contribution in [0.3, 0.4) is 0 Å². The van der Waals surface area contributed by atoms with Crippen molar-refractivity contribution in [2.24, 2.45) is 0 Å². The molecule has 0 unspecified atom stereocenters. The van der Waals surface area contributed by atoms with Crippen molar-refractivity contribution < 1.29 is 14.3 Å². The maximum Gasteiger partial charge on any atom is 0.354 e. The van der Waals surface area contributed by atoms with Crippen molar-refractivity contribution in [3.05, 3.63) is 69.8 Å². The number of benzene rings is 1. The third-order valence-electron chi connectivity index (χ3n) is 4.29. The molecule has 31 heavy (non-hydrogen) atoms. The Balaban J connectivity index is 1.36. The number of nitrogens with one attached hydrogen (secondary N) is 2. The molecule has 0 saturated heterocycles. The average Bonchev–Trinajstić information content (AvgIpc) is 3.53. The van der Waals surface area contributed by atoms with E-state index in [0.717, 1.165) is 26.9 Å². The van der Waals surface area contributed by atoms with Gasteiger partial charge in [-0.2, -0.15) is 0 Å². The van der Waals surface area contributed by atoms with E-state index in [9.17, 15) is 9.59 Å². The number of ether oxygens (including phenoxy) is 1. The van der Waals surface area contributed by atoms with E-state index in [4.69, 9.17) is 4.74 Å². The summed E-state index contributed by atoms with van der Waals surface area (Å²) in [6, 6.07) is 9.17. The summed E-state index contributed by atoms with van der Waals surface area (Å²) in [6.45, 7) is 1.98. The summed E-state index contributed by atoms with van der Waals surface area (Å²) in [6.07, 6.45) is 1.68. The molecule has 3 heterocycles. The molecule has 2 N–H and O–H groups in total. The molecule has 0 aliphatic rings. The lowest BCUT2D eigenvalue weighted by molar-refractivity contribution is 0.0594. The average molecular weight is 471 g/mol. The summed E-state index contributed by atoms with van der Waals surface area (Å²) in [7, 11) is 1.33. The zero-order valence-electron chi connectivity index (χ0n) is 16.7. The predicted octanol–water partition coefficient (Wildman–Crippen LogP) is 5.23. The Hall–Kier alpha value is -2.95. The third-order valence-corrected chi connectivity index (χ3v) is 7.25. The van der Waals surface area contributed by atoms with Gasteiger partial charge >= 0.3 is 5.97 Å². The molecule has 0 aliphatic heterocycles. The second-order valence-electron chi connectivity index (χ2n) is 6.53. The molecule has 0 aliphatic carbocycles. The van der Waals surface area contributed by atoms with Gasteiger partial charge in [0, 0.05) is 39.5 Å². The van der Waals surface area contributed by atoms with Gasteiger partial charge in [0.2, 0.25) is 0 Å². The summed E-state index contributed by atoms with van der Waals surface area (Å²) < 4.78 is 5.73. The smallest absolute Gasteiger partial charge is 0.354 e. The summed E-state index contributed by atoms with van der Waals surface area (Å²) in [4.78, 5) is 35.9. The Morgan fingerprint density at radius 1 is 1.16 bits per heavy atom. The van der Waals surface area contributed by atoms with Crippen LogP contribution in [0.25, 0.3) is 11.3 Å². The molecule has 158 valence electrons. The molecule has 0 saturated carbocycles. The van der Waals surface area contributed by atoms with Gasteiger partial charge in [-0.3, -0.25) is 10.1 Å². The largest absolute Gasteiger partial charge is 0.464 e. The molecule has 0 spiro atoms. The number of thioether (sulfide) groups is 1. The standard InChI is InChI=1S/C21H18N4O3S3/c1-12-9-30-21(23-12)31-10-13-3-5-14(6-4-13)18(26)25-20-24-17(11-29-20)15-7-16(22-8-15)19(27)28-2/h3-9,11,22H,10H2,1-2H3,(H,24,25,26). The first kappa shape index (κ1) is 21.3. The van der Waals surface area contributed by atoms with E-state index in [1.54, 1.807) is 35.4 Å². The Morgan fingerprint density at radius 2 is 1.97 bits per heavy atom. The lowest BCUT2D eigenvalue weighted by Crippen LogP contribution is -2.11. The van der Waals surface area contributed by atoms with Crippen LogP contribution in [0.5, 0.6) is 0 Å². The highest BCUT2D eigenvalue weighted by atomic mass is 32.2. The van der Waals surface area contributed by atoms with E-state index in [-0.39, 0.29) is 5.91 Å². The van der Waals surface area contributed by atoms with Gasteiger partial charge in [-0.15, -0.1) is 22.7 Å². The molecule has 0 radical (unpaired) electrons. The van der Waals surface area contributed by atoms with Crippen LogP contribution in [0, 0.1) is 6.92 Å². The van der Waals surface area contributed by atoms with Crippen molar-refractivity contribution in [2.45, 2.75) is 17.0 Å². The number of thiazole rings is 2. The van der Waals surface area contributed by atoms with Crippen LogP contribution in [0.2, 0.25) is 0 Å². The van der Waals surface area contributed by atoms with Crippen LogP contribution in [0.15, 0.2) is 51.6 Å². The van der Waals surface area contributed by atoms with Crippen LogP contribution in [-0.4, -0.2) is 33.9 Å². The Kier molecular flexibility index (Phi) is 6.50. The number of nitrogens with zero attached hydrogens (tertiary/aromatic N) is 2. The molecule has 4 aromatic rings. The second-order valence-corrected chi connectivity index (χ2v) is 9.46. The summed E-state index contributed by atoms with van der Waals surface area (Å²) in [5.41, 5.74) is 4.47. The van der Waals surface area contributed by atoms with Gasteiger partial charge in [0.25, 0.3) is 5.91 Å². The minimum Gasteiger partial charge on any atom is -0.464 e. The molecule has 3 aromatic heterocycles. The van der Waals surface area contributed by atoms with Crippen molar-refractivity contribution in [1.82, 2.24) is 15.0 Å². The van der Waals surface area contributed by atoms with Gasteiger partial charge in [0.1, 0.15) is 10.0 Å². The van der Waals surface area contributed by atoms with E-state index in [0.29, 0.717) is 22.1 Å². The normalized spacial score (nSPS) is 10.8. The zero-order valence-corrected chi connectivity index (χ0v) is 19.1. The quantitative estimate of drug-likeness (QED) is 0.283. The Bertz CT molecular complexity index is 1210. The maximum atomic E-state index is 12.6. The van der Waals surface area contributed by atoms with Gasteiger partial charge in [-0.25, -0.2) is 14.8 Å². The molecule has 4 rings (SSSR count). The fraction of sp³-hybridized carbons (Fsp3) is 0.143. The van der Waals surface area contributed by atoms with Crippen LogP contribution in [0.1, 0.15) is 32.1 Å². The number of esters is 1. The Labute approximate surface area is 190 Å². The molecular formula is C21H18N4O3S3. The van der Waals surface area contributed by atoms with E-state index >= 15 is 0 Å². The molecule has 1 aromatic carbocycles. The van der Waals surface area contributed by atoms with Gasteiger partial charge < -0.3 is 9.72 Å².